The van der Waals surface area contributed by atoms with E-state index in [4.69, 9.17) is 0 Å². The highest BCUT2D eigenvalue weighted by Gasteiger charge is 2.77. The third-order valence-electron chi connectivity index (χ3n) is 3.35. The number of hydrogen-bond acceptors (Lipinski definition) is 1. The Morgan fingerprint density at radius 3 is 2.40 bits per heavy atom. The van der Waals surface area contributed by atoms with Gasteiger partial charge in [0.2, 0.25) is 0 Å². The average molecular weight is 211 g/mol. The van der Waals surface area contributed by atoms with Crippen LogP contribution in [0.25, 0.3) is 0 Å². The molecule has 0 aliphatic heterocycles. The summed E-state index contributed by atoms with van der Waals surface area (Å²) in [6.07, 6.45) is 0. The number of alkyl halides is 2. The second-order valence-electron chi connectivity index (χ2n) is 4.41. The van der Waals surface area contributed by atoms with Gasteiger partial charge in [0.25, 0.3) is 5.92 Å². The van der Waals surface area contributed by atoms with Gasteiger partial charge in [0.05, 0.1) is 11.3 Å². The molecular formula is C12H15F2N. The van der Waals surface area contributed by atoms with E-state index in [1.165, 1.54) is 0 Å². The number of halogens is 2. The van der Waals surface area contributed by atoms with Gasteiger partial charge in [0.15, 0.2) is 0 Å². The summed E-state index contributed by atoms with van der Waals surface area (Å²) in [6, 6.07) is 9.02. The maximum absolute atomic E-state index is 13.7. The predicted molar refractivity (Wildman–Crippen MR) is 56.2 cm³/mol. The molecule has 1 fully saturated rings. The lowest BCUT2D eigenvalue weighted by molar-refractivity contribution is 0.0675. The second-order valence-corrected chi connectivity index (χ2v) is 4.41. The topological polar surface area (TPSA) is 12.0 Å². The van der Waals surface area contributed by atoms with Crippen LogP contribution >= 0.6 is 0 Å². The molecule has 1 aliphatic carbocycles. The molecule has 0 radical (unpaired) electrons. The summed E-state index contributed by atoms with van der Waals surface area (Å²) in [5.41, 5.74) is -0.191. The van der Waals surface area contributed by atoms with Crippen molar-refractivity contribution < 1.29 is 8.78 Å². The Hall–Kier alpha value is -0.960. The van der Waals surface area contributed by atoms with E-state index in [1.54, 1.807) is 26.1 Å². The Morgan fingerprint density at radius 2 is 1.87 bits per heavy atom. The molecule has 0 unspecified atom stereocenters. The maximum Gasteiger partial charge on any atom is 0.262 e. The summed E-state index contributed by atoms with van der Waals surface area (Å²) in [7, 11) is 1.71. The van der Waals surface area contributed by atoms with Crippen LogP contribution in [0.5, 0.6) is 0 Å². The first kappa shape index (κ1) is 10.6. The smallest absolute Gasteiger partial charge is 0.262 e. The fraction of sp³-hybridized carbons (Fsp3) is 0.500. The van der Waals surface area contributed by atoms with E-state index in [1.807, 2.05) is 18.2 Å². The van der Waals surface area contributed by atoms with Gasteiger partial charge in [0, 0.05) is 6.54 Å². The molecular weight excluding hydrogens is 196 g/mol. The Balaban J connectivity index is 2.27. The molecule has 1 N–H and O–H groups in total. The minimum Gasteiger partial charge on any atom is -0.319 e. The van der Waals surface area contributed by atoms with Crippen molar-refractivity contribution >= 4 is 0 Å². The first-order chi connectivity index (χ1) is 7.04. The zero-order chi connectivity index (χ0) is 11.1. The van der Waals surface area contributed by atoms with Crippen LogP contribution in [0.2, 0.25) is 0 Å². The van der Waals surface area contributed by atoms with E-state index >= 15 is 0 Å². The predicted octanol–water partition coefficient (Wildman–Crippen LogP) is 2.64. The Kier molecular flexibility index (Phi) is 2.30. The monoisotopic (exact) mass is 211 g/mol. The molecule has 0 aromatic heterocycles. The van der Waals surface area contributed by atoms with Gasteiger partial charge in [-0.15, -0.1) is 0 Å². The third-order valence-corrected chi connectivity index (χ3v) is 3.35. The molecule has 3 heteroatoms. The van der Waals surface area contributed by atoms with Crippen LogP contribution in [-0.2, 0) is 0 Å². The minimum absolute atomic E-state index is 0.347. The van der Waals surface area contributed by atoms with Crippen LogP contribution < -0.4 is 5.32 Å². The van der Waals surface area contributed by atoms with Gasteiger partial charge in [-0.05, 0) is 12.6 Å². The summed E-state index contributed by atoms with van der Waals surface area (Å²) in [6.45, 7) is 1.99. The summed E-state index contributed by atoms with van der Waals surface area (Å²) < 4.78 is 27.4. The van der Waals surface area contributed by atoms with Crippen molar-refractivity contribution in [2.45, 2.75) is 18.8 Å². The summed E-state index contributed by atoms with van der Waals surface area (Å²) in [4.78, 5) is 0. The van der Waals surface area contributed by atoms with Gasteiger partial charge >= 0.3 is 0 Å². The second kappa shape index (κ2) is 3.27. The normalized spacial score (nSPS) is 32.7. The van der Waals surface area contributed by atoms with Crippen molar-refractivity contribution in [2.24, 2.45) is 5.41 Å². The molecule has 0 amide bonds. The molecule has 2 rings (SSSR count). The maximum atomic E-state index is 13.7. The van der Waals surface area contributed by atoms with Crippen molar-refractivity contribution in [1.82, 2.24) is 5.32 Å². The van der Waals surface area contributed by atoms with Gasteiger partial charge in [-0.3, -0.25) is 0 Å². The van der Waals surface area contributed by atoms with Crippen molar-refractivity contribution in [2.75, 3.05) is 13.6 Å². The van der Waals surface area contributed by atoms with Crippen molar-refractivity contribution in [3.05, 3.63) is 35.9 Å². The first-order valence-corrected chi connectivity index (χ1v) is 5.11. The molecule has 1 aromatic rings. The number of nitrogens with one attached hydrogen (secondary N) is 1. The summed E-state index contributed by atoms with van der Waals surface area (Å²) in [5.74, 6) is -3.23. The zero-order valence-corrected chi connectivity index (χ0v) is 8.93. The van der Waals surface area contributed by atoms with E-state index < -0.39 is 17.3 Å². The molecule has 15 heavy (non-hydrogen) atoms. The van der Waals surface area contributed by atoms with E-state index in [0.29, 0.717) is 6.54 Å². The van der Waals surface area contributed by atoms with Crippen LogP contribution in [0, 0.1) is 5.41 Å². The SMILES string of the molecule is CNC[C@]1(C)[C@H](c2ccccc2)C1(F)F. The molecule has 0 saturated heterocycles. The molecule has 1 nitrogen and oxygen atoms in total. The summed E-state index contributed by atoms with van der Waals surface area (Å²) >= 11 is 0. The van der Waals surface area contributed by atoms with Crippen molar-refractivity contribution in [1.29, 1.82) is 0 Å². The van der Waals surface area contributed by atoms with Crippen LogP contribution in [0.4, 0.5) is 8.78 Å². The standard InChI is InChI=1S/C12H15F2N/c1-11(8-15-2)10(12(11,13)14)9-6-4-3-5-7-9/h3-7,10,15H,8H2,1-2H3/t10-,11+/m0/s1. The van der Waals surface area contributed by atoms with Crippen LogP contribution in [0.1, 0.15) is 18.4 Å². The van der Waals surface area contributed by atoms with Gasteiger partial charge in [-0.2, -0.15) is 0 Å². The van der Waals surface area contributed by atoms with E-state index in [9.17, 15) is 8.78 Å². The highest BCUT2D eigenvalue weighted by molar-refractivity contribution is 5.37. The van der Waals surface area contributed by atoms with E-state index in [0.717, 1.165) is 5.56 Å². The van der Waals surface area contributed by atoms with Gasteiger partial charge in [0.1, 0.15) is 0 Å². The highest BCUT2D eigenvalue weighted by Crippen LogP contribution is 2.70. The Bertz CT molecular complexity index is 350. The average Bonchev–Trinajstić information content (AvgIpc) is 2.62. The molecule has 1 aromatic carbocycles. The summed E-state index contributed by atoms with van der Waals surface area (Å²) in [5, 5.41) is 2.85. The van der Waals surface area contributed by atoms with Gasteiger partial charge in [-0.25, -0.2) is 8.78 Å². The molecule has 0 spiro atoms. The lowest BCUT2D eigenvalue weighted by atomic mass is 10.0. The fourth-order valence-electron chi connectivity index (χ4n) is 2.39. The van der Waals surface area contributed by atoms with Crippen molar-refractivity contribution in [3.63, 3.8) is 0 Å². The molecule has 0 heterocycles. The molecule has 1 aliphatic rings. The van der Waals surface area contributed by atoms with E-state index in [2.05, 4.69) is 5.32 Å². The van der Waals surface area contributed by atoms with Crippen LogP contribution in [0.3, 0.4) is 0 Å². The molecule has 82 valence electrons. The molecule has 0 bridgehead atoms. The lowest BCUT2D eigenvalue weighted by Gasteiger charge is -2.08. The number of rotatable bonds is 3. The number of hydrogen-bond donors (Lipinski definition) is 1. The van der Waals surface area contributed by atoms with Gasteiger partial charge in [-0.1, -0.05) is 37.3 Å². The highest BCUT2D eigenvalue weighted by atomic mass is 19.3. The third kappa shape index (κ3) is 1.37. The fourth-order valence-corrected chi connectivity index (χ4v) is 2.39. The van der Waals surface area contributed by atoms with E-state index in [-0.39, 0.29) is 0 Å². The quantitative estimate of drug-likeness (QED) is 0.810. The van der Waals surface area contributed by atoms with Crippen LogP contribution in [-0.4, -0.2) is 19.5 Å². The largest absolute Gasteiger partial charge is 0.319 e. The minimum atomic E-state index is -2.59. The molecule has 1 saturated carbocycles. The number of benzene rings is 1. The van der Waals surface area contributed by atoms with Crippen LogP contribution in [0.15, 0.2) is 30.3 Å². The van der Waals surface area contributed by atoms with Crippen molar-refractivity contribution in [3.8, 4) is 0 Å². The first-order valence-electron chi connectivity index (χ1n) is 5.11. The molecule has 2 atom stereocenters. The van der Waals surface area contributed by atoms with Gasteiger partial charge < -0.3 is 5.32 Å². The Labute approximate surface area is 88.5 Å². The lowest BCUT2D eigenvalue weighted by Crippen LogP contribution is -2.22. The Morgan fingerprint density at radius 1 is 1.27 bits per heavy atom. The zero-order valence-electron chi connectivity index (χ0n) is 8.93.